The highest BCUT2D eigenvalue weighted by Gasteiger charge is 2.35. The Hall–Kier alpha value is -4.83. The molecule has 0 saturated heterocycles. The van der Waals surface area contributed by atoms with E-state index in [2.05, 4.69) is 0 Å². The number of benzene rings is 4. The SMILES string of the molecule is CCOC(=O)C1=C(c2ccccc2)N=c2s/c(=C\c3ccc(OCc4ccc(Cl)c(Cl)c4)c(OCC)c3)c(=O)n2[C@H]1c1ccc(OC)cc1. The lowest BCUT2D eigenvalue weighted by Crippen LogP contribution is -2.40. The van der Waals surface area contributed by atoms with Crippen LogP contribution in [-0.4, -0.2) is 30.9 Å². The third-order valence-electron chi connectivity index (χ3n) is 7.75. The molecule has 1 atom stereocenters. The second-order valence-corrected chi connectivity index (χ2v) is 12.7. The van der Waals surface area contributed by atoms with Crippen molar-refractivity contribution in [1.82, 2.24) is 4.57 Å². The number of thiazole rings is 1. The lowest BCUT2D eigenvalue weighted by molar-refractivity contribution is -0.138. The molecular weight excluding hydrogens is 683 g/mol. The summed E-state index contributed by atoms with van der Waals surface area (Å²) in [5, 5.41) is 0.919. The quantitative estimate of drug-likeness (QED) is 0.134. The van der Waals surface area contributed by atoms with E-state index in [4.69, 9.17) is 47.1 Å². The Morgan fingerprint density at radius 1 is 0.898 bits per heavy atom. The molecule has 250 valence electrons. The number of rotatable bonds is 11. The topological polar surface area (TPSA) is 88.4 Å². The van der Waals surface area contributed by atoms with Gasteiger partial charge in [-0.1, -0.05) is 89.1 Å². The summed E-state index contributed by atoms with van der Waals surface area (Å²) in [6.45, 7) is 4.47. The highest BCUT2D eigenvalue weighted by Crippen LogP contribution is 2.36. The predicted octanol–water partition coefficient (Wildman–Crippen LogP) is 7.23. The van der Waals surface area contributed by atoms with Crippen LogP contribution in [0.1, 0.15) is 42.1 Å². The second-order valence-electron chi connectivity index (χ2n) is 10.9. The fourth-order valence-corrected chi connectivity index (χ4v) is 6.81. The van der Waals surface area contributed by atoms with Crippen LogP contribution >= 0.6 is 34.5 Å². The van der Waals surface area contributed by atoms with E-state index in [-0.39, 0.29) is 24.3 Å². The van der Waals surface area contributed by atoms with E-state index in [1.54, 1.807) is 55.0 Å². The number of methoxy groups -OCH3 is 1. The van der Waals surface area contributed by atoms with Crippen LogP contribution < -0.4 is 29.1 Å². The number of hydrogen-bond donors (Lipinski definition) is 0. The van der Waals surface area contributed by atoms with Gasteiger partial charge in [-0.3, -0.25) is 9.36 Å². The van der Waals surface area contributed by atoms with Gasteiger partial charge in [-0.05, 0) is 73.0 Å². The fraction of sp³-hybridized carbons (Fsp3) is 0.184. The van der Waals surface area contributed by atoms with Crippen LogP contribution in [0.2, 0.25) is 10.0 Å². The van der Waals surface area contributed by atoms with E-state index in [1.807, 2.05) is 67.6 Å². The van der Waals surface area contributed by atoms with Gasteiger partial charge in [-0.2, -0.15) is 0 Å². The Bertz CT molecular complexity index is 2210. The van der Waals surface area contributed by atoms with Gasteiger partial charge >= 0.3 is 5.97 Å². The maximum atomic E-state index is 14.3. The molecule has 2 heterocycles. The van der Waals surface area contributed by atoms with Crippen molar-refractivity contribution in [2.24, 2.45) is 4.99 Å². The standard InChI is InChI=1S/C38H32Cl2N2O6S/c1-4-46-31-20-23(12-18-30(31)48-22-24-11-17-28(39)29(40)19-24)21-32-36(43)42-35(26-13-15-27(45-3)16-14-26)33(37(44)47-5-2)34(41-38(42)49-32)25-9-7-6-8-10-25/h6-21,35H,4-5,22H2,1-3H3/b32-21-/t35-/m0/s1. The highest BCUT2D eigenvalue weighted by atomic mass is 35.5. The summed E-state index contributed by atoms with van der Waals surface area (Å²) >= 11 is 13.5. The Balaban J connectivity index is 1.46. The Kier molecular flexibility index (Phi) is 10.5. The normalized spacial score (nSPS) is 14.2. The van der Waals surface area contributed by atoms with Crippen molar-refractivity contribution >= 4 is 52.3 Å². The molecule has 5 aromatic rings. The average Bonchev–Trinajstić information content (AvgIpc) is 3.43. The summed E-state index contributed by atoms with van der Waals surface area (Å²) in [4.78, 5) is 33.3. The van der Waals surface area contributed by atoms with Gasteiger partial charge in [0.25, 0.3) is 5.56 Å². The third-order valence-corrected chi connectivity index (χ3v) is 9.47. The minimum absolute atomic E-state index is 0.166. The van der Waals surface area contributed by atoms with E-state index in [0.29, 0.717) is 54.5 Å². The first-order chi connectivity index (χ1) is 23.8. The molecule has 0 saturated carbocycles. The number of esters is 1. The first-order valence-electron chi connectivity index (χ1n) is 15.6. The monoisotopic (exact) mass is 714 g/mol. The molecule has 1 aromatic heterocycles. The molecule has 49 heavy (non-hydrogen) atoms. The molecular formula is C38H32Cl2N2O6S. The third kappa shape index (κ3) is 7.29. The maximum absolute atomic E-state index is 14.3. The molecule has 0 fully saturated rings. The zero-order chi connectivity index (χ0) is 34.5. The summed E-state index contributed by atoms with van der Waals surface area (Å²) < 4.78 is 24.9. The number of hydrogen-bond acceptors (Lipinski definition) is 8. The van der Waals surface area contributed by atoms with Gasteiger partial charge in [0.15, 0.2) is 16.3 Å². The molecule has 1 aliphatic rings. The molecule has 6 rings (SSSR count). The van der Waals surface area contributed by atoms with Crippen LogP contribution in [0.5, 0.6) is 17.2 Å². The number of fused-ring (bicyclic) bond motifs is 1. The molecule has 8 nitrogen and oxygen atoms in total. The molecule has 0 bridgehead atoms. The number of carbonyl (C=O) groups is 1. The number of nitrogens with zero attached hydrogens (tertiary/aromatic N) is 2. The van der Waals surface area contributed by atoms with Crippen molar-refractivity contribution in [3.05, 3.63) is 149 Å². The lowest BCUT2D eigenvalue weighted by Gasteiger charge is -2.26. The summed E-state index contributed by atoms with van der Waals surface area (Å²) in [7, 11) is 1.58. The molecule has 0 aliphatic carbocycles. The van der Waals surface area contributed by atoms with Gasteiger partial charge < -0.3 is 18.9 Å². The number of carbonyl (C=O) groups excluding carboxylic acids is 1. The zero-order valence-corrected chi connectivity index (χ0v) is 29.3. The number of aromatic nitrogens is 1. The van der Waals surface area contributed by atoms with E-state index in [0.717, 1.165) is 16.7 Å². The van der Waals surface area contributed by atoms with Crippen molar-refractivity contribution in [1.29, 1.82) is 0 Å². The van der Waals surface area contributed by atoms with Crippen molar-refractivity contribution in [3.63, 3.8) is 0 Å². The van der Waals surface area contributed by atoms with Crippen LogP contribution in [0.4, 0.5) is 0 Å². The molecule has 1 aliphatic heterocycles. The van der Waals surface area contributed by atoms with E-state index < -0.39 is 12.0 Å². The van der Waals surface area contributed by atoms with Crippen LogP contribution in [0.3, 0.4) is 0 Å². The van der Waals surface area contributed by atoms with E-state index in [1.165, 1.54) is 11.3 Å². The smallest absolute Gasteiger partial charge is 0.338 e. The summed E-state index contributed by atoms with van der Waals surface area (Å²) in [5.74, 6) is 1.17. The Morgan fingerprint density at radius 2 is 1.67 bits per heavy atom. The van der Waals surface area contributed by atoms with Crippen molar-refractivity contribution in [2.45, 2.75) is 26.5 Å². The highest BCUT2D eigenvalue weighted by molar-refractivity contribution is 7.07. The molecule has 4 aromatic carbocycles. The second kappa shape index (κ2) is 15.2. The number of halogens is 2. The molecule has 0 radical (unpaired) electrons. The summed E-state index contributed by atoms with van der Waals surface area (Å²) in [5.41, 5.74) is 3.46. The number of ether oxygens (including phenoxy) is 4. The first-order valence-corrected chi connectivity index (χ1v) is 17.1. The van der Waals surface area contributed by atoms with Crippen molar-refractivity contribution in [2.75, 3.05) is 20.3 Å². The summed E-state index contributed by atoms with van der Waals surface area (Å²) in [6, 6.07) is 26.7. The molecule has 0 amide bonds. The van der Waals surface area contributed by atoms with Crippen molar-refractivity contribution in [3.8, 4) is 17.2 Å². The van der Waals surface area contributed by atoms with Crippen LogP contribution in [0, 0.1) is 0 Å². The molecule has 0 N–H and O–H groups in total. The Morgan fingerprint density at radius 3 is 2.37 bits per heavy atom. The minimum atomic E-state index is -0.797. The van der Waals surface area contributed by atoms with E-state index in [9.17, 15) is 9.59 Å². The first kappa shape index (κ1) is 34.0. The zero-order valence-electron chi connectivity index (χ0n) is 26.9. The van der Waals surface area contributed by atoms with Crippen LogP contribution in [0.15, 0.2) is 106 Å². The van der Waals surface area contributed by atoms with Crippen LogP contribution in [0.25, 0.3) is 11.8 Å². The summed E-state index contributed by atoms with van der Waals surface area (Å²) in [6.07, 6.45) is 1.79. The van der Waals surface area contributed by atoms with Crippen LogP contribution in [-0.2, 0) is 16.1 Å². The van der Waals surface area contributed by atoms with E-state index >= 15 is 0 Å². The molecule has 0 unspecified atom stereocenters. The largest absolute Gasteiger partial charge is 0.497 e. The minimum Gasteiger partial charge on any atom is -0.497 e. The Labute approximate surface area is 297 Å². The average molecular weight is 716 g/mol. The molecule has 11 heteroatoms. The predicted molar refractivity (Wildman–Crippen MR) is 192 cm³/mol. The van der Waals surface area contributed by atoms with Gasteiger partial charge in [0, 0.05) is 5.56 Å². The maximum Gasteiger partial charge on any atom is 0.338 e. The molecule has 0 spiro atoms. The van der Waals surface area contributed by atoms with Gasteiger partial charge in [-0.25, -0.2) is 9.79 Å². The van der Waals surface area contributed by atoms with Gasteiger partial charge in [0.1, 0.15) is 12.4 Å². The fourth-order valence-electron chi connectivity index (χ4n) is 5.49. The van der Waals surface area contributed by atoms with Crippen molar-refractivity contribution < 1.29 is 23.7 Å². The van der Waals surface area contributed by atoms with Gasteiger partial charge in [0.05, 0.1) is 52.2 Å². The van der Waals surface area contributed by atoms with Gasteiger partial charge in [0.2, 0.25) is 0 Å². The van der Waals surface area contributed by atoms with Gasteiger partial charge in [-0.15, -0.1) is 0 Å². The lowest BCUT2D eigenvalue weighted by atomic mass is 9.93.